The molecule has 0 unspecified atom stereocenters. The van der Waals surface area contributed by atoms with Crippen molar-refractivity contribution in [1.29, 1.82) is 0 Å². The van der Waals surface area contributed by atoms with E-state index in [0.29, 0.717) is 6.54 Å². The zero-order valence-corrected chi connectivity index (χ0v) is 12.2. The van der Waals surface area contributed by atoms with Crippen LogP contribution in [0.5, 0.6) is 5.75 Å². The van der Waals surface area contributed by atoms with Crippen LogP contribution in [0.4, 0.5) is 4.39 Å². The molecule has 5 heteroatoms. The van der Waals surface area contributed by atoms with Gasteiger partial charge in [-0.05, 0) is 12.1 Å². The molecule has 3 rings (SSSR count). The Bertz CT molecular complexity index is 822. The van der Waals surface area contributed by atoms with Gasteiger partial charge >= 0.3 is 11.7 Å². The molecule has 2 aromatic carbocycles. The highest BCUT2D eigenvalue weighted by Gasteiger charge is 2.23. The van der Waals surface area contributed by atoms with Crippen molar-refractivity contribution in [3.05, 3.63) is 90.3 Å². The van der Waals surface area contributed by atoms with Crippen LogP contribution in [-0.2, 0) is 6.54 Å². The first-order valence-corrected chi connectivity index (χ1v) is 7.08. The van der Waals surface area contributed by atoms with Gasteiger partial charge in [0.05, 0.1) is 6.20 Å². The third kappa shape index (κ3) is 3.58. The first-order valence-electron chi connectivity index (χ1n) is 7.08. The van der Waals surface area contributed by atoms with E-state index in [-0.39, 0.29) is 11.4 Å². The lowest BCUT2D eigenvalue weighted by molar-refractivity contribution is -0.691. The molecule has 4 nitrogen and oxygen atoms in total. The van der Waals surface area contributed by atoms with Crippen molar-refractivity contribution in [1.82, 2.24) is 4.98 Å². The SMILES string of the molecule is O=C(Oc1ccccc1F)c1cncc[n+]1Cc1ccccc1. The monoisotopic (exact) mass is 309 g/mol. The summed E-state index contributed by atoms with van der Waals surface area (Å²) in [6.45, 7) is 0.491. The summed E-state index contributed by atoms with van der Waals surface area (Å²) in [7, 11) is 0. The molecule has 0 spiro atoms. The predicted octanol–water partition coefficient (Wildman–Crippen LogP) is 2.78. The van der Waals surface area contributed by atoms with Gasteiger partial charge in [-0.2, -0.15) is 4.57 Å². The van der Waals surface area contributed by atoms with Crippen LogP contribution in [0.3, 0.4) is 0 Å². The maximum atomic E-state index is 13.6. The molecule has 0 saturated heterocycles. The Kier molecular flexibility index (Phi) is 4.38. The van der Waals surface area contributed by atoms with Crippen molar-refractivity contribution < 1.29 is 18.5 Å². The Balaban J connectivity index is 1.85. The standard InChI is InChI=1S/C18H14FN2O2/c19-15-8-4-5-9-17(15)23-18(22)16-12-20-10-11-21(16)13-14-6-2-1-3-7-14/h1-12H,13H2/q+1. The third-order valence-corrected chi connectivity index (χ3v) is 3.28. The van der Waals surface area contributed by atoms with E-state index >= 15 is 0 Å². The molecule has 0 aliphatic carbocycles. The van der Waals surface area contributed by atoms with Gasteiger partial charge in [-0.1, -0.05) is 42.5 Å². The highest BCUT2D eigenvalue weighted by Crippen LogP contribution is 2.16. The lowest BCUT2D eigenvalue weighted by Crippen LogP contribution is -2.42. The number of aromatic nitrogens is 2. The van der Waals surface area contributed by atoms with Gasteiger partial charge in [0.25, 0.3) is 0 Å². The third-order valence-electron chi connectivity index (χ3n) is 3.28. The first-order chi connectivity index (χ1) is 11.2. The van der Waals surface area contributed by atoms with E-state index in [2.05, 4.69) is 4.98 Å². The number of esters is 1. The quantitative estimate of drug-likeness (QED) is 0.423. The maximum Gasteiger partial charge on any atom is 0.410 e. The van der Waals surface area contributed by atoms with Crippen molar-refractivity contribution in [2.45, 2.75) is 6.54 Å². The van der Waals surface area contributed by atoms with E-state index in [4.69, 9.17) is 4.74 Å². The van der Waals surface area contributed by atoms with Crippen molar-refractivity contribution in [3.63, 3.8) is 0 Å². The summed E-state index contributed by atoms with van der Waals surface area (Å²) in [5.74, 6) is -1.34. The number of para-hydroxylation sites is 1. The number of ether oxygens (including phenoxy) is 1. The highest BCUT2D eigenvalue weighted by molar-refractivity contribution is 5.87. The minimum atomic E-state index is -0.654. The second-order valence-electron chi connectivity index (χ2n) is 4.89. The molecule has 0 bridgehead atoms. The number of nitrogens with zero attached hydrogens (tertiary/aromatic N) is 2. The molecule has 0 N–H and O–H groups in total. The largest absolute Gasteiger partial charge is 0.415 e. The van der Waals surface area contributed by atoms with Crippen LogP contribution in [0.25, 0.3) is 0 Å². The fourth-order valence-electron chi connectivity index (χ4n) is 2.15. The molecule has 0 amide bonds. The van der Waals surface area contributed by atoms with Crippen molar-refractivity contribution >= 4 is 5.97 Å². The highest BCUT2D eigenvalue weighted by atomic mass is 19.1. The Morgan fingerprint density at radius 2 is 1.83 bits per heavy atom. The Morgan fingerprint density at radius 1 is 1.09 bits per heavy atom. The Hall–Kier alpha value is -3.08. The van der Waals surface area contributed by atoms with E-state index in [1.165, 1.54) is 24.4 Å². The lowest BCUT2D eigenvalue weighted by atomic mass is 10.2. The van der Waals surface area contributed by atoms with Crippen LogP contribution in [0.1, 0.15) is 16.1 Å². The number of rotatable bonds is 4. The molecule has 1 heterocycles. The summed E-state index contributed by atoms with van der Waals surface area (Å²) < 4.78 is 20.5. The summed E-state index contributed by atoms with van der Waals surface area (Å²) in [4.78, 5) is 16.3. The average molecular weight is 309 g/mol. The van der Waals surface area contributed by atoms with Crippen molar-refractivity contribution in [3.8, 4) is 5.75 Å². The van der Waals surface area contributed by atoms with Gasteiger partial charge in [0.1, 0.15) is 6.20 Å². The Labute approximate surface area is 132 Å². The number of carbonyl (C=O) groups is 1. The normalized spacial score (nSPS) is 10.3. The van der Waals surface area contributed by atoms with Crippen LogP contribution in [0, 0.1) is 5.82 Å². The Morgan fingerprint density at radius 3 is 2.61 bits per heavy atom. The average Bonchev–Trinajstić information content (AvgIpc) is 2.58. The molecule has 114 valence electrons. The number of hydrogen-bond acceptors (Lipinski definition) is 3. The van der Waals surface area contributed by atoms with E-state index in [1.54, 1.807) is 23.0 Å². The summed E-state index contributed by atoms with van der Waals surface area (Å²) in [6.07, 6.45) is 4.68. The van der Waals surface area contributed by atoms with Gasteiger partial charge in [-0.15, -0.1) is 0 Å². The second kappa shape index (κ2) is 6.79. The maximum absolute atomic E-state index is 13.6. The minimum Gasteiger partial charge on any atom is -0.415 e. The van der Waals surface area contributed by atoms with E-state index in [9.17, 15) is 9.18 Å². The molecular formula is C18H14FN2O2+. The molecule has 3 aromatic rings. The first kappa shape index (κ1) is 14.8. The van der Waals surface area contributed by atoms with Crippen LogP contribution in [0.2, 0.25) is 0 Å². The van der Waals surface area contributed by atoms with Crippen LogP contribution < -0.4 is 9.30 Å². The summed E-state index contributed by atoms with van der Waals surface area (Å²) in [5.41, 5.74) is 1.28. The molecule has 0 atom stereocenters. The van der Waals surface area contributed by atoms with Crippen LogP contribution in [0.15, 0.2) is 73.2 Å². The number of carbonyl (C=O) groups excluding carboxylic acids is 1. The lowest BCUT2D eigenvalue weighted by Gasteiger charge is -2.05. The second-order valence-corrected chi connectivity index (χ2v) is 4.89. The fourth-order valence-corrected chi connectivity index (χ4v) is 2.15. The molecule has 0 aliphatic heterocycles. The van der Waals surface area contributed by atoms with Gasteiger partial charge in [0, 0.05) is 5.56 Å². The molecule has 0 radical (unpaired) electrons. The summed E-state index contributed by atoms with van der Waals surface area (Å²) in [6, 6.07) is 15.5. The zero-order valence-electron chi connectivity index (χ0n) is 12.2. The zero-order chi connectivity index (χ0) is 16.1. The van der Waals surface area contributed by atoms with E-state index in [1.807, 2.05) is 30.3 Å². The number of benzene rings is 2. The smallest absolute Gasteiger partial charge is 0.410 e. The molecule has 0 saturated carbocycles. The van der Waals surface area contributed by atoms with Crippen LogP contribution >= 0.6 is 0 Å². The predicted molar refractivity (Wildman–Crippen MR) is 81.3 cm³/mol. The molecule has 0 fully saturated rings. The number of halogens is 1. The minimum absolute atomic E-state index is 0.104. The van der Waals surface area contributed by atoms with E-state index < -0.39 is 11.8 Å². The summed E-state index contributed by atoms with van der Waals surface area (Å²) >= 11 is 0. The fraction of sp³-hybridized carbons (Fsp3) is 0.0556. The van der Waals surface area contributed by atoms with E-state index in [0.717, 1.165) is 5.56 Å². The summed E-state index contributed by atoms with van der Waals surface area (Å²) in [5, 5.41) is 0. The molecule has 1 aromatic heterocycles. The van der Waals surface area contributed by atoms with Gasteiger partial charge in [-0.25, -0.2) is 9.18 Å². The molecule has 23 heavy (non-hydrogen) atoms. The van der Waals surface area contributed by atoms with Gasteiger partial charge in [-0.3, -0.25) is 4.98 Å². The van der Waals surface area contributed by atoms with Crippen molar-refractivity contribution in [2.24, 2.45) is 0 Å². The van der Waals surface area contributed by atoms with Gasteiger partial charge < -0.3 is 4.74 Å². The van der Waals surface area contributed by atoms with Crippen molar-refractivity contribution in [2.75, 3.05) is 0 Å². The molecule has 0 aliphatic rings. The van der Waals surface area contributed by atoms with Gasteiger partial charge in [0.15, 0.2) is 24.3 Å². The number of hydrogen-bond donors (Lipinski definition) is 0. The van der Waals surface area contributed by atoms with Crippen LogP contribution in [-0.4, -0.2) is 11.0 Å². The van der Waals surface area contributed by atoms with Gasteiger partial charge in [0.2, 0.25) is 0 Å². The molecular weight excluding hydrogens is 295 g/mol. The topological polar surface area (TPSA) is 43.1 Å².